The lowest BCUT2D eigenvalue weighted by atomic mass is 10.2. The Morgan fingerprint density at radius 3 is 2.43 bits per heavy atom. The molecule has 0 unspecified atom stereocenters. The maximum Gasteiger partial charge on any atom is 0.323 e. The zero-order chi connectivity index (χ0) is 20.3. The van der Waals surface area contributed by atoms with Crippen molar-refractivity contribution in [3.8, 4) is 23.1 Å². The van der Waals surface area contributed by atoms with Gasteiger partial charge in [-0.1, -0.05) is 0 Å². The number of pyridine rings is 2. The fourth-order valence-electron chi connectivity index (χ4n) is 2.62. The number of aromatic nitrogens is 2. The van der Waals surface area contributed by atoms with Gasteiger partial charge in [-0.05, 0) is 37.3 Å². The van der Waals surface area contributed by atoms with Gasteiger partial charge < -0.3 is 19.7 Å². The maximum absolute atomic E-state index is 11.2. The number of fused-ring (bicyclic) bond motifs is 1. The Kier molecular flexibility index (Phi) is 5.25. The molecule has 0 aliphatic heterocycles. The molecule has 2 aromatic heterocycles. The molecule has 3 rings (SSSR count). The number of ether oxygens (including phenoxy) is 2. The lowest BCUT2D eigenvalue weighted by molar-refractivity contribution is -0.136. The molecule has 9 heteroatoms. The molecule has 28 heavy (non-hydrogen) atoms. The molecule has 0 aliphatic rings. The van der Waals surface area contributed by atoms with Crippen molar-refractivity contribution >= 4 is 29.1 Å². The van der Waals surface area contributed by atoms with Crippen LogP contribution in [-0.4, -0.2) is 46.2 Å². The topological polar surface area (TPSA) is 122 Å². The first-order valence-corrected chi connectivity index (χ1v) is 8.19. The Morgan fingerprint density at radius 1 is 1.14 bits per heavy atom. The molecule has 144 valence electrons. The highest BCUT2D eigenvalue weighted by atomic mass is 16.5. The van der Waals surface area contributed by atoms with Gasteiger partial charge in [0.25, 0.3) is 0 Å². The standard InChI is InChI=1S/C19H17N3O6/c1-11-17-14(18(26)19(20-11)22(10-23)9-16(24)25)7-8-15(21-17)28-13-5-3-12(27-2)4-6-13/h3-8,10,26H,9H2,1-2H3,(H,24,25). The maximum atomic E-state index is 11.2. The lowest BCUT2D eigenvalue weighted by Crippen LogP contribution is -2.29. The minimum atomic E-state index is -1.23. The van der Waals surface area contributed by atoms with Crippen molar-refractivity contribution in [1.82, 2.24) is 9.97 Å². The zero-order valence-corrected chi connectivity index (χ0v) is 15.1. The Hall–Kier alpha value is -3.88. The smallest absolute Gasteiger partial charge is 0.323 e. The van der Waals surface area contributed by atoms with Crippen LogP contribution in [0.25, 0.3) is 10.9 Å². The number of rotatable bonds is 7. The minimum absolute atomic E-state index is 0.145. The molecule has 2 heterocycles. The minimum Gasteiger partial charge on any atom is -0.504 e. The molecule has 0 radical (unpaired) electrons. The van der Waals surface area contributed by atoms with E-state index < -0.39 is 12.5 Å². The fourth-order valence-corrected chi connectivity index (χ4v) is 2.62. The molecule has 0 saturated carbocycles. The number of nitrogens with zero attached hydrogens (tertiary/aromatic N) is 3. The second-order valence-electron chi connectivity index (χ2n) is 5.82. The normalized spacial score (nSPS) is 10.5. The highest BCUT2D eigenvalue weighted by Crippen LogP contribution is 2.35. The third kappa shape index (κ3) is 3.78. The molecule has 1 aromatic carbocycles. The average molecular weight is 383 g/mol. The number of methoxy groups -OCH3 is 1. The molecule has 2 N–H and O–H groups in total. The van der Waals surface area contributed by atoms with Crippen molar-refractivity contribution in [1.29, 1.82) is 0 Å². The molecular weight excluding hydrogens is 366 g/mol. The van der Waals surface area contributed by atoms with E-state index in [1.165, 1.54) is 0 Å². The number of hydrogen-bond acceptors (Lipinski definition) is 7. The number of benzene rings is 1. The van der Waals surface area contributed by atoms with E-state index in [4.69, 9.17) is 14.6 Å². The van der Waals surface area contributed by atoms with Crippen LogP contribution in [0, 0.1) is 6.92 Å². The Bertz CT molecular complexity index is 1040. The summed E-state index contributed by atoms with van der Waals surface area (Å²) in [5, 5.41) is 19.7. The SMILES string of the molecule is COc1ccc(Oc2ccc3c(O)c(N(C=O)CC(=O)O)nc(C)c3n2)cc1. The van der Waals surface area contributed by atoms with Crippen molar-refractivity contribution in [3.05, 3.63) is 42.1 Å². The molecule has 1 amide bonds. The van der Waals surface area contributed by atoms with E-state index in [1.807, 2.05) is 0 Å². The molecular formula is C19H17N3O6. The molecule has 0 aliphatic carbocycles. The van der Waals surface area contributed by atoms with E-state index in [-0.39, 0.29) is 17.4 Å². The molecule has 0 bridgehead atoms. The summed E-state index contributed by atoms with van der Waals surface area (Å²) in [6, 6.07) is 10.1. The largest absolute Gasteiger partial charge is 0.504 e. The number of carboxylic acids is 1. The molecule has 0 fully saturated rings. The van der Waals surface area contributed by atoms with Crippen LogP contribution in [0.3, 0.4) is 0 Å². The summed E-state index contributed by atoms with van der Waals surface area (Å²) in [5.41, 5.74) is 0.772. The number of aromatic hydroxyl groups is 1. The molecule has 0 atom stereocenters. The van der Waals surface area contributed by atoms with Crippen LogP contribution in [0.1, 0.15) is 5.69 Å². The number of hydrogen-bond donors (Lipinski definition) is 2. The highest BCUT2D eigenvalue weighted by molar-refractivity contribution is 5.95. The average Bonchev–Trinajstić information content (AvgIpc) is 2.69. The second kappa shape index (κ2) is 7.78. The predicted molar refractivity (Wildman–Crippen MR) is 100 cm³/mol. The second-order valence-corrected chi connectivity index (χ2v) is 5.82. The van der Waals surface area contributed by atoms with E-state index in [0.29, 0.717) is 34.5 Å². The van der Waals surface area contributed by atoms with Gasteiger partial charge in [0.2, 0.25) is 12.3 Å². The van der Waals surface area contributed by atoms with Gasteiger partial charge in [-0.2, -0.15) is 0 Å². The van der Waals surface area contributed by atoms with Crippen molar-refractivity contribution in [2.75, 3.05) is 18.6 Å². The Balaban J connectivity index is 1.98. The van der Waals surface area contributed by atoms with Crippen LogP contribution in [0.15, 0.2) is 36.4 Å². The van der Waals surface area contributed by atoms with Crippen LogP contribution < -0.4 is 14.4 Å². The summed E-state index contributed by atoms with van der Waals surface area (Å²) < 4.78 is 10.8. The quantitative estimate of drug-likeness (QED) is 0.597. The van der Waals surface area contributed by atoms with E-state index >= 15 is 0 Å². The van der Waals surface area contributed by atoms with E-state index in [9.17, 15) is 14.7 Å². The first-order chi connectivity index (χ1) is 13.4. The molecule has 9 nitrogen and oxygen atoms in total. The van der Waals surface area contributed by atoms with E-state index in [2.05, 4.69) is 9.97 Å². The van der Waals surface area contributed by atoms with Crippen molar-refractivity contribution in [2.24, 2.45) is 0 Å². The van der Waals surface area contributed by atoms with Crippen molar-refractivity contribution in [2.45, 2.75) is 6.92 Å². The molecule has 3 aromatic rings. The highest BCUT2D eigenvalue weighted by Gasteiger charge is 2.20. The van der Waals surface area contributed by atoms with Gasteiger partial charge in [-0.15, -0.1) is 0 Å². The van der Waals surface area contributed by atoms with Gasteiger partial charge in [0, 0.05) is 11.5 Å². The van der Waals surface area contributed by atoms with E-state index in [1.54, 1.807) is 50.4 Å². The summed E-state index contributed by atoms with van der Waals surface area (Å²) in [7, 11) is 1.57. The van der Waals surface area contributed by atoms with Crippen LogP contribution in [-0.2, 0) is 9.59 Å². The fraction of sp³-hybridized carbons (Fsp3) is 0.158. The van der Waals surface area contributed by atoms with E-state index in [0.717, 1.165) is 4.90 Å². The molecule has 0 saturated heterocycles. The number of carboxylic acid groups (broad SMARTS) is 1. The predicted octanol–water partition coefficient (Wildman–Crippen LogP) is 2.49. The van der Waals surface area contributed by atoms with Gasteiger partial charge in [0.1, 0.15) is 18.0 Å². The number of amides is 1. The van der Waals surface area contributed by atoms with Gasteiger partial charge in [-0.3, -0.25) is 14.5 Å². The Labute approximate surface area is 159 Å². The Morgan fingerprint density at radius 2 is 1.82 bits per heavy atom. The summed E-state index contributed by atoms with van der Waals surface area (Å²) in [6.45, 7) is 1.01. The number of anilines is 1. The first kappa shape index (κ1) is 18.9. The first-order valence-electron chi connectivity index (χ1n) is 8.19. The van der Waals surface area contributed by atoms with Gasteiger partial charge in [-0.25, -0.2) is 9.97 Å². The lowest BCUT2D eigenvalue weighted by Gasteiger charge is -2.17. The molecule has 0 spiro atoms. The summed E-state index contributed by atoms with van der Waals surface area (Å²) in [5.74, 6) is -0.185. The van der Waals surface area contributed by atoms with Crippen LogP contribution >= 0.6 is 0 Å². The third-order valence-electron chi connectivity index (χ3n) is 3.94. The number of carbonyl (C=O) groups excluding carboxylic acids is 1. The summed E-state index contributed by atoms with van der Waals surface area (Å²) in [4.78, 5) is 31.4. The third-order valence-corrected chi connectivity index (χ3v) is 3.94. The van der Waals surface area contributed by atoms with Crippen LogP contribution in [0.2, 0.25) is 0 Å². The summed E-state index contributed by atoms with van der Waals surface area (Å²) in [6.07, 6.45) is 0.302. The summed E-state index contributed by atoms with van der Waals surface area (Å²) >= 11 is 0. The van der Waals surface area contributed by atoms with Gasteiger partial charge in [0.15, 0.2) is 11.6 Å². The number of aliphatic carboxylic acids is 1. The monoisotopic (exact) mass is 383 g/mol. The number of carbonyl (C=O) groups is 2. The van der Waals surface area contributed by atoms with Crippen LogP contribution in [0.4, 0.5) is 5.82 Å². The van der Waals surface area contributed by atoms with Crippen LogP contribution in [0.5, 0.6) is 23.1 Å². The number of aryl methyl sites for hydroxylation is 1. The van der Waals surface area contributed by atoms with Crippen molar-refractivity contribution in [3.63, 3.8) is 0 Å². The zero-order valence-electron chi connectivity index (χ0n) is 15.1. The van der Waals surface area contributed by atoms with Gasteiger partial charge >= 0.3 is 5.97 Å². The van der Waals surface area contributed by atoms with Crippen molar-refractivity contribution < 1.29 is 29.3 Å². The van der Waals surface area contributed by atoms with Gasteiger partial charge in [0.05, 0.1) is 18.3 Å².